The highest BCUT2D eigenvalue weighted by atomic mass is 127. The zero-order valence-corrected chi connectivity index (χ0v) is 16.3. The Balaban J connectivity index is 0.00000312. The summed E-state index contributed by atoms with van der Waals surface area (Å²) in [5.74, 6) is 0.414. The van der Waals surface area contributed by atoms with E-state index in [-0.39, 0.29) is 30.5 Å². The van der Waals surface area contributed by atoms with Gasteiger partial charge in [-0.15, -0.1) is 24.0 Å². The molecule has 2 rings (SSSR count). The van der Waals surface area contributed by atoms with Crippen molar-refractivity contribution in [3.63, 3.8) is 0 Å². The Morgan fingerprint density at radius 2 is 2.00 bits per heavy atom. The molecule has 2 N–H and O–H groups in total. The maximum atomic E-state index is 12.2. The van der Waals surface area contributed by atoms with E-state index in [2.05, 4.69) is 25.2 Å². The molecule has 0 atom stereocenters. The number of hydrogen-bond donors (Lipinski definition) is 2. The summed E-state index contributed by atoms with van der Waals surface area (Å²) in [6.45, 7) is 3.57. The summed E-state index contributed by atoms with van der Waals surface area (Å²) in [5, 5.41) is 5.64. The second kappa shape index (κ2) is 10.5. The average molecular weight is 469 g/mol. The molecule has 2 aromatic rings. The third-order valence-corrected chi connectivity index (χ3v) is 3.40. The van der Waals surface area contributed by atoms with Gasteiger partial charge in [-0.25, -0.2) is 4.98 Å². The van der Waals surface area contributed by atoms with Gasteiger partial charge in [-0.3, -0.25) is 4.99 Å². The van der Waals surface area contributed by atoms with Crippen LogP contribution in [0.5, 0.6) is 0 Å². The Hall–Kier alpha value is -1.52. The quantitative estimate of drug-likeness (QED) is 0.282. The van der Waals surface area contributed by atoms with Gasteiger partial charge in [0.2, 0.25) is 0 Å². The maximum absolute atomic E-state index is 12.2. The monoisotopic (exact) mass is 469 g/mol. The Morgan fingerprint density at radius 3 is 2.72 bits per heavy atom. The number of para-hydroxylation sites is 2. The molecule has 25 heavy (non-hydrogen) atoms. The fraction of sp³-hybridized carbons (Fsp3) is 0.500. The van der Waals surface area contributed by atoms with E-state index in [0.717, 1.165) is 24.0 Å². The first kappa shape index (κ1) is 21.5. The molecule has 1 aromatic heterocycles. The van der Waals surface area contributed by atoms with Gasteiger partial charge in [-0.05, 0) is 25.5 Å². The van der Waals surface area contributed by atoms with E-state index in [0.29, 0.717) is 19.0 Å². The number of halogens is 4. The molecule has 1 aromatic carbocycles. The fourth-order valence-corrected chi connectivity index (χ4v) is 2.28. The van der Waals surface area contributed by atoms with E-state index in [9.17, 15) is 13.2 Å². The van der Waals surface area contributed by atoms with Crippen LogP contribution in [-0.2, 0) is 6.54 Å². The third-order valence-electron chi connectivity index (χ3n) is 3.40. The second-order valence-corrected chi connectivity index (χ2v) is 5.33. The van der Waals surface area contributed by atoms with Crippen LogP contribution in [0.15, 0.2) is 35.6 Å². The molecule has 0 aliphatic rings. The number of benzene rings is 1. The van der Waals surface area contributed by atoms with Crippen LogP contribution in [0.2, 0.25) is 0 Å². The standard InChI is InChI=1S/C16H22F3N5.HI/c1-2-20-15(22-10-8-16(17,18)19)21-9-5-11-24-12-23-13-6-3-4-7-14(13)24;/h3-4,6-7,12H,2,5,8-11H2,1H3,(H2,20,21,22);1H. The number of aryl methyl sites for hydroxylation is 1. The van der Waals surface area contributed by atoms with Gasteiger partial charge in [0.25, 0.3) is 0 Å². The molecule has 0 aliphatic heterocycles. The Kier molecular flexibility index (Phi) is 9.01. The Morgan fingerprint density at radius 1 is 1.24 bits per heavy atom. The van der Waals surface area contributed by atoms with Gasteiger partial charge < -0.3 is 15.2 Å². The van der Waals surface area contributed by atoms with Crippen molar-refractivity contribution in [1.82, 2.24) is 20.2 Å². The third kappa shape index (κ3) is 7.49. The lowest BCUT2D eigenvalue weighted by Crippen LogP contribution is -2.39. The first-order valence-corrected chi connectivity index (χ1v) is 7.98. The molecule has 0 radical (unpaired) electrons. The number of rotatable bonds is 7. The molecule has 0 aliphatic carbocycles. The number of aromatic nitrogens is 2. The minimum atomic E-state index is -4.16. The topological polar surface area (TPSA) is 54.2 Å². The highest BCUT2D eigenvalue weighted by Crippen LogP contribution is 2.18. The van der Waals surface area contributed by atoms with E-state index < -0.39 is 12.6 Å². The molecule has 0 amide bonds. The summed E-state index contributed by atoms with van der Waals surface area (Å²) in [6, 6.07) is 7.87. The molecular formula is C16H23F3IN5. The van der Waals surface area contributed by atoms with Crippen molar-refractivity contribution in [3.05, 3.63) is 30.6 Å². The van der Waals surface area contributed by atoms with E-state index >= 15 is 0 Å². The highest BCUT2D eigenvalue weighted by molar-refractivity contribution is 14.0. The van der Waals surface area contributed by atoms with Gasteiger partial charge in [0.05, 0.1) is 23.8 Å². The van der Waals surface area contributed by atoms with Gasteiger partial charge in [0, 0.05) is 26.2 Å². The van der Waals surface area contributed by atoms with Gasteiger partial charge in [0.15, 0.2) is 5.96 Å². The van der Waals surface area contributed by atoms with Gasteiger partial charge in [0.1, 0.15) is 0 Å². The molecule has 0 bridgehead atoms. The smallest absolute Gasteiger partial charge is 0.357 e. The number of alkyl halides is 3. The molecule has 140 valence electrons. The summed E-state index contributed by atoms with van der Waals surface area (Å²) in [4.78, 5) is 8.63. The van der Waals surface area contributed by atoms with Crippen molar-refractivity contribution in [2.24, 2.45) is 4.99 Å². The van der Waals surface area contributed by atoms with Crippen molar-refractivity contribution in [1.29, 1.82) is 0 Å². The minimum Gasteiger partial charge on any atom is -0.357 e. The van der Waals surface area contributed by atoms with E-state index in [1.807, 2.05) is 31.2 Å². The van der Waals surface area contributed by atoms with Crippen LogP contribution < -0.4 is 10.6 Å². The first-order chi connectivity index (χ1) is 11.5. The normalized spacial score (nSPS) is 12.1. The fourth-order valence-electron chi connectivity index (χ4n) is 2.28. The summed E-state index contributed by atoms with van der Waals surface area (Å²) < 4.78 is 38.6. The van der Waals surface area contributed by atoms with Gasteiger partial charge in [-0.2, -0.15) is 13.2 Å². The van der Waals surface area contributed by atoms with Crippen LogP contribution in [0.4, 0.5) is 13.2 Å². The predicted octanol–water partition coefficient (Wildman–Crippen LogP) is 3.55. The molecule has 0 saturated heterocycles. The number of guanidine groups is 1. The summed E-state index contributed by atoms with van der Waals surface area (Å²) in [7, 11) is 0. The predicted molar refractivity (Wildman–Crippen MR) is 104 cm³/mol. The minimum absolute atomic E-state index is 0. The van der Waals surface area contributed by atoms with Crippen molar-refractivity contribution >= 4 is 41.0 Å². The Labute approximate surface area is 162 Å². The lowest BCUT2D eigenvalue weighted by Gasteiger charge is -2.12. The van der Waals surface area contributed by atoms with E-state index in [4.69, 9.17) is 0 Å². The zero-order chi connectivity index (χ0) is 17.4. The average Bonchev–Trinajstić information content (AvgIpc) is 2.93. The molecule has 1 heterocycles. The number of nitrogens with one attached hydrogen (secondary N) is 2. The number of hydrogen-bond acceptors (Lipinski definition) is 2. The van der Waals surface area contributed by atoms with Gasteiger partial charge in [-0.1, -0.05) is 12.1 Å². The summed E-state index contributed by atoms with van der Waals surface area (Å²) in [6.07, 6.45) is -2.47. The molecule has 0 saturated carbocycles. The van der Waals surface area contributed by atoms with Gasteiger partial charge >= 0.3 is 6.18 Å². The van der Waals surface area contributed by atoms with Crippen LogP contribution in [0.25, 0.3) is 11.0 Å². The van der Waals surface area contributed by atoms with Crippen LogP contribution in [0.1, 0.15) is 19.8 Å². The van der Waals surface area contributed by atoms with Crippen LogP contribution in [-0.4, -0.2) is 41.3 Å². The van der Waals surface area contributed by atoms with E-state index in [1.54, 1.807) is 6.33 Å². The number of fused-ring (bicyclic) bond motifs is 1. The van der Waals surface area contributed by atoms with Crippen molar-refractivity contribution < 1.29 is 13.2 Å². The number of imidazole rings is 1. The maximum Gasteiger partial charge on any atom is 0.390 e. The van der Waals surface area contributed by atoms with Crippen molar-refractivity contribution in [2.75, 3.05) is 19.6 Å². The zero-order valence-electron chi connectivity index (χ0n) is 14.0. The molecule has 0 unspecified atom stereocenters. The lowest BCUT2D eigenvalue weighted by atomic mass is 10.3. The Bertz CT molecular complexity index is 669. The molecule has 9 heteroatoms. The number of aliphatic imine (C=N–C) groups is 1. The largest absolute Gasteiger partial charge is 0.390 e. The number of nitrogens with zero attached hydrogens (tertiary/aromatic N) is 3. The van der Waals surface area contributed by atoms with Crippen molar-refractivity contribution in [3.8, 4) is 0 Å². The van der Waals surface area contributed by atoms with Crippen molar-refractivity contribution in [2.45, 2.75) is 32.5 Å². The van der Waals surface area contributed by atoms with Crippen LogP contribution in [0.3, 0.4) is 0 Å². The second-order valence-electron chi connectivity index (χ2n) is 5.33. The first-order valence-electron chi connectivity index (χ1n) is 7.98. The molecular weight excluding hydrogens is 446 g/mol. The van der Waals surface area contributed by atoms with E-state index in [1.165, 1.54) is 0 Å². The summed E-state index contributed by atoms with van der Waals surface area (Å²) >= 11 is 0. The lowest BCUT2D eigenvalue weighted by molar-refractivity contribution is -0.132. The molecule has 0 spiro atoms. The molecule has 5 nitrogen and oxygen atoms in total. The van der Waals surface area contributed by atoms with Crippen LogP contribution >= 0.6 is 24.0 Å². The SMILES string of the molecule is CCNC(=NCCCn1cnc2ccccc21)NCCC(F)(F)F.I. The summed E-state index contributed by atoms with van der Waals surface area (Å²) in [5.41, 5.74) is 2.01. The molecule has 0 fully saturated rings. The highest BCUT2D eigenvalue weighted by Gasteiger charge is 2.26. The van der Waals surface area contributed by atoms with Crippen LogP contribution in [0, 0.1) is 0 Å².